The van der Waals surface area contributed by atoms with E-state index in [4.69, 9.17) is 4.74 Å². The fourth-order valence-corrected chi connectivity index (χ4v) is 2.97. The number of rotatable bonds is 1. The van der Waals surface area contributed by atoms with Gasteiger partial charge < -0.3 is 4.74 Å². The van der Waals surface area contributed by atoms with Gasteiger partial charge in [0.05, 0.1) is 12.5 Å². The molecule has 15 heavy (non-hydrogen) atoms. The zero-order valence-electron chi connectivity index (χ0n) is 9.37. The van der Waals surface area contributed by atoms with E-state index in [1.54, 1.807) is 6.08 Å². The smallest absolute Gasteiger partial charge is 0.311 e. The van der Waals surface area contributed by atoms with Crippen LogP contribution in [0.4, 0.5) is 0 Å². The summed E-state index contributed by atoms with van der Waals surface area (Å²) in [6.07, 6.45) is 3.11. The second kappa shape index (κ2) is 3.19. The average molecular weight is 208 g/mol. The molecule has 0 aromatic heterocycles. The van der Waals surface area contributed by atoms with E-state index in [1.807, 2.05) is 13.8 Å². The van der Waals surface area contributed by atoms with E-state index in [1.165, 1.54) is 7.11 Å². The number of allylic oxidation sites excluding steroid dienone is 2. The van der Waals surface area contributed by atoms with Crippen molar-refractivity contribution < 1.29 is 14.3 Å². The number of methoxy groups -OCH3 is 1. The summed E-state index contributed by atoms with van der Waals surface area (Å²) in [5.74, 6) is 0.290. The third-order valence-corrected chi connectivity index (χ3v) is 3.83. The number of carbonyl (C=O) groups is 2. The largest absolute Gasteiger partial charge is 0.469 e. The molecule has 0 spiro atoms. The van der Waals surface area contributed by atoms with E-state index in [-0.39, 0.29) is 23.6 Å². The zero-order valence-corrected chi connectivity index (χ0v) is 9.37. The van der Waals surface area contributed by atoms with Crippen LogP contribution in [0.3, 0.4) is 0 Å². The number of fused-ring (bicyclic) bond motifs is 1. The molecule has 1 fully saturated rings. The molecule has 2 rings (SSSR count). The molecule has 3 atom stereocenters. The molecule has 0 amide bonds. The van der Waals surface area contributed by atoms with Gasteiger partial charge in [0.15, 0.2) is 5.78 Å². The fourth-order valence-electron chi connectivity index (χ4n) is 2.97. The number of carbonyl (C=O) groups excluding carboxylic acids is 2. The molecule has 82 valence electrons. The minimum atomic E-state index is -0.463. The molecule has 0 saturated heterocycles. The van der Waals surface area contributed by atoms with Crippen LogP contribution < -0.4 is 0 Å². The summed E-state index contributed by atoms with van der Waals surface area (Å²) in [6.45, 7) is 3.88. The van der Waals surface area contributed by atoms with Crippen LogP contribution in [0.1, 0.15) is 26.7 Å². The average Bonchev–Trinajstić information content (AvgIpc) is 2.66. The lowest BCUT2D eigenvalue weighted by Crippen LogP contribution is -2.27. The van der Waals surface area contributed by atoms with Gasteiger partial charge in [-0.2, -0.15) is 0 Å². The Morgan fingerprint density at radius 2 is 2.07 bits per heavy atom. The molecule has 2 aliphatic rings. The molecule has 3 nitrogen and oxygen atoms in total. The Bertz CT molecular complexity index is 356. The first-order chi connectivity index (χ1) is 6.98. The van der Waals surface area contributed by atoms with Crippen LogP contribution in [-0.2, 0) is 14.3 Å². The quantitative estimate of drug-likeness (QED) is 0.616. The predicted molar refractivity (Wildman–Crippen MR) is 55.1 cm³/mol. The summed E-state index contributed by atoms with van der Waals surface area (Å²) < 4.78 is 4.80. The van der Waals surface area contributed by atoms with Gasteiger partial charge in [0.2, 0.25) is 0 Å². The number of ketones is 1. The van der Waals surface area contributed by atoms with E-state index in [2.05, 4.69) is 0 Å². The minimum Gasteiger partial charge on any atom is -0.469 e. The van der Waals surface area contributed by atoms with E-state index in [0.717, 1.165) is 12.0 Å². The zero-order chi connectivity index (χ0) is 11.2. The fraction of sp³-hybridized carbons (Fsp3) is 0.667. The highest BCUT2D eigenvalue weighted by Gasteiger charge is 2.52. The molecule has 0 aromatic rings. The van der Waals surface area contributed by atoms with Gasteiger partial charge in [0.25, 0.3) is 0 Å². The Hall–Kier alpha value is -1.12. The first-order valence-electron chi connectivity index (χ1n) is 5.28. The molecule has 0 aromatic carbocycles. The van der Waals surface area contributed by atoms with Crippen molar-refractivity contribution in [1.82, 2.24) is 0 Å². The van der Waals surface area contributed by atoms with E-state index in [9.17, 15) is 9.59 Å². The van der Waals surface area contributed by atoms with E-state index in [0.29, 0.717) is 6.42 Å². The standard InChI is InChI=1S/C12H16O3/c1-7-4-10(13)9-6-12(2,5-8(7)9)11(14)15-3/h4,8-9H,5-6H2,1-3H3/t8-,9-,12-/m0/s1. The molecular formula is C12H16O3. The van der Waals surface area contributed by atoms with Crippen LogP contribution in [0.5, 0.6) is 0 Å². The molecule has 0 bridgehead atoms. The SMILES string of the molecule is COC(=O)[C@]1(C)C[C@@H]2C(=O)C=C(C)[C@@H]2C1. The first-order valence-corrected chi connectivity index (χ1v) is 5.28. The topological polar surface area (TPSA) is 43.4 Å². The van der Waals surface area contributed by atoms with E-state index >= 15 is 0 Å². The summed E-state index contributed by atoms with van der Waals surface area (Å²) in [4.78, 5) is 23.3. The predicted octanol–water partition coefficient (Wildman–Crippen LogP) is 1.72. The monoisotopic (exact) mass is 208 g/mol. The third-order valence-electron chi connectivity index (χ3n) is 3.83. The van der Waals surface area contributed by atoms with Crippen molar-refractivity contribution in [2.45, 2.75) is 26.7 Å². The Balaban J connectivity index is 2.23. The first kappa shape index (κ1) is 10.4. The summed E-state index contributed by atoms with van der Waals surface area (Å²) >= 11 is 0. The van der Waals surface area contributed by atoms with Crippen LogP contribution in [0, 0.1) is 17.3 Å². The summed E-state index contributed by atoms with van der Waals surface area (Å²) in [7, 11) is 1.41. The Labute approximate surface area is 89.5 Å². The number of hydrogen-bond donors (Lipinski definition) is 0. The molecule has 2 aliphatic carbocycles. The summed E-state index contributed by atoms with van der Waals surface area (Å²) in [5, 5.41) is 0. The number of ether oxygens (including phenoxy) is 1. The molecule has 0 radical (unpaired) electrons. The Kier molecular flexibility index (Phi) is 2.21. The molecule has 0 N–H and O–H groups in total. The van der Waals surface area contributed by atoms with Gasteiger partial charge in [-0.1, -0.05) is 5.57 Å². The van der Waals surface area contributed by atoms with Crippen molar-refractivity contribution in [3.05, 3.63) is 11.6 Å². The number of esters is 1. The van der Waals surface area contributed by atoms with Gasteiger partial charge >= 0.3 is 5.97 Å². The maximum atomic E-state index is 11.6. The van der Waals surface area contributed by atoms with Gasteiger partial charge in [-0.05, 0) is 38.7 Å². The third kappa shape index (κ3) is 1.41. The van der Waals surface area contributed by atoms with Gasteiger partial charge in [0.1, 0.15) is 0 Å². The van der Waals surface area contributed by atoms with Crippen molar-refractivity contribution in [3.63, 3.8) is 0 Å². The van der Waals surface area contributed by atoms with Crippen LogP contribution >= 0.6 is 0 Å². The maximum absolute atomic E-state index is 11.6. The molecule has 0 aliphatic heterocycles. The van der Waals surface area contributed by atoms with Crippen molar-refractivity contribution in [3.8, 4) is 0 Å². The van der Waals surface area contributed by atoms with E-state index < -0.39 is 5.41 Å². The summed E-state index contributed by atoms with van der Waals surface area (Å²) in [5.41, 5.74) is 0.660. The van der Waals surface area contributed by atoms with Crippen molar-refractivity contribution >= 4 is 11.8 Å². The van der Waals surface area contributed by atoms with Gasteiger partial charge in [-0.15, -0.1) is 0 Å². The molecule has 3 heteroatoms. The van der Waals surface area contributed by atoms with Crippen LogP contribution in [0.25, 0.3) is 0 Å². The molecule has 1 saturated carbocycles. The highest BCUT2D eigenvalue weighted by Crippen LogP contribution is 2.51. The minimum absolute atomic E-state index is 0.0223. The van der Waals surface area contributed by atoms with Crippen LogP contribution in [0.15, 0.2) is 11.6 Å². The maximum Gasteiger partial charge on any atom is 0.311 e. The molecule has 0 heterocycles. The van der Waals surface area contributed by atoms with Crippen LogP contribution in [-0.4, -0.2) is 18.9 Å². The second-order valence-corrected chi connectivity index (χ2v) is 4.96. The molecular weight excluding hydrogens is 192 g/mol. The Morgan fingerprint density at radius 3 is 2.60 bits per heavy atom. The summed E-state index contributed by atoms with van der Waals surface area (Å²) in [6, 6.07) is 0. The lowest BCUT2D eigenvalue weighted by molar-refractivity contribution is -0.151. The normalized spacial score (nSPS) is 38.9. The van der Waals surface area contributed by atoms with Crippen molar-refractivity contribution in [2.24, 2.45) is 17.3 Å². The van der Waals surface area contributed by atoms with Gasteiger partial charge in [-0.3, -0.25) is 9.59 Å². The van der Waals surface area contributed by atoms with Gasteiger partial charge in [0, 0.05) is 5.92 Å². The lowest BCUT2D eigenvalue weighted by Gasteiger charge is -2.20. The van der Waals surface area contributed by atoms with Crippen LogP contribution in [0.2, 0.25) is 0 Å². The number of hydrogen-bond acceptors (Lipinski definition) is 3. The van der Waals surface area contributed by atoms with Gasteiger partial charge in [-0.25, -0.2) is 0 Å². The lowest BCUT2D eigenvalue weighted by atomic mass is 9.86. The Morgan fingerprint density at radius 1 is 1.47 bits per heavy atom. The van der Waals surface area contributed by atoms with Crippen molar-refractivity contribution in [2.75, 3.05) is 7.11 Å². The second-order valence-electron chi connectivity index (χ2n) is 4.96. The van der Waals surface area contributed by atoms with Crippen molar-refractivity contribution in [1.29, 1.82) is 0 Å². The highest BCUT2D eigenvalue weighted by atomic mass is 16.5. The highest BCUT2D eigenvalue weighted by molar-refractivity contribution is 5.97. The molecule has 0 unspecified atom stereocenters.